The van der Waals surface area contributed by atoms with E-state index in [-0.39, 0.29) is 0 Å². The van der Waals surface area contributed by atoms with Crippen molar-refractivity contribution in [3.05, 3.63) is 0 Å². The molecular formula is C15H26F3N. The van der Waals surface area contributed by atoms with Crippen molar-refractivity contribution in [1.29, 1.82) is 0 Å². The molecule has 2 saturated carbocycles. The summed E-state index contributed by atoms with van der Waals surface area (Å²) in [6, 6.07) is 0.836. The van der Waals surface area contributed by atoms with Gasteiger partial charge in [0.15, 0.2) is 0 Å². The van der Waals surface area contributed by atoms with E-state index in [4.69, 9.17) is 0 Å². The van der Waals surface area contributed by atoms with Gasteiger partial charge < -0.3 is 5.32 Å². The number of alkyl halides is 3. The molecule has 2 fully saturated rings. The zero-order valence-electron chi connectivity index (χ0n) is 12.0. The normalized spacial score (nSPS) is 41.2. The number of nitrogens with one attached hydrogen (secondary N) is 1. The lowest BCUT2D eigenvalue weighted by molar-refractivity contribution is -0.182. The number of hydrogen-bond donors (Lipinski definition) is 1. The van der Waals surface area contributed by atoms with Crippen molar-refractivity contribution < 1.29 is 13.2 Å². The molecule has 0 aromatic rings. The van der Waals surface area contributed by atoms with E-state index in [1.807, 2.05) is 0 Å². The molecule has 0 amide bonds. The van der Waals surface area contributed by atoms with Gasteiger partial charge in [-0.3, -0.25) is 0 Å². The first-order chi connectivity index (χ1) is 8.86. The third kappa shape index (κ3) is 4.11. The van der Waals surface area contributed by atoms with Gasteiger partial charge >= 0.3 is 6.18 Å². The molecular weight excluding hydrogens is 251 g/mol. The van der Waals surface area contributed by atoms with Crippen LogP contribution >= 0.6 is 0 Å². The van der Waals surface area contributed by atoms with E-state index in [1.165, 1.54) is 19.3 Å². The number of halogens is 3. The summed E-state index contributed by atoms with van der Waals surface area (Å²) in [6.45, 7) is 4.59. The first kappa shape index (κ1) is 15.1. The second-order valence-corrected chi connectivity index (χ2v) is 6.72. The van der Waals surface area contributed by atoms with E-state index in [9.17, 15) is 13.2 Å². The van der Waals surface area contributed by atoms with Crippen molar-refractivity contribution in [2.24, 2.45) is 17.8 Å². The molecule has 2 rings (SSSR count). The highest BCUT2D eigenvalue weighted by Crippen LogP contribution is 2.38. The lowest BCUT2D eigenvalue weighted by atomic mass is 9.78. The minimum absolute atomic E-state index is 0.305. The van der Waals surface area contributed by atoms with Crippen molar-refractivity contribution in [3.8, 4) is 0 Å². The van der Waals surface area contributed by atoms with Crippen LogP contribution in [0.1, 0.15) is 58.8 Å². The molecule has 1 N–H and O–H groups in total. The fourth-order valence-electron chi connectivity index (χ4n) is 3.62. The lowest BCUT2D eigenvalue weighted by Gasteiger charge is -2.37. The van der Waals surface area contributed by atoms with Crippen LogP contribution in [0, 0.1) is 17.8 Å². The van der Waals surface area contributed by atoms with Crippen LogP contribution in [0.3, 0.4) is 0 Å². The van der Waals surface area contributed by atoms with Gasteiger partial charge in [-0.25, -0.2) is 0 Å². The highest BCUT2D eigenvalue weighted by molar-refractivity contribution is 4.86. The topological polar surface area (TPSA) is 12.0 Å². The third-order valence-corrected chi connectivity index (χ3v) is 5.26. The number of rotatable bonds is 2. The van der Waals surface area contributed by atoms with Crippen LogP contribution in [0.15, 0.2) is 0 Å². The van der Waals surface area contributed by atoms with E-state index in [0.717, 1.165) is 11.8 Å². The predicted octanol–water partition coefficient (Wildman–Crippen LogP) is 4.52. The molecule has 0 aromatic carbocycles. The van der Waals surface area contributed by atoms with Gasteiger partial charge in [-0.2, -0.15) is 13.2 Å². The molecule has 3 atom stereocenters. The van der Waals surface area contributed by atoms with Crippen LogP contribution in [0.5, 0.6) is 0 Å². The molecule has 0 bridgehead atoms. The van der Waals surface area contributed by atoms with E-state index in [1.54, 1.807) is 0 Å². The van der Waals surface area contributed by atoms with Gasteiger partial charge in [-0.05, 0) is 56.8 Å². The van der Waals surface area contributed by atoms with Crippen molar-refractivity contribution in [2.75, 3.05) is 0 Å². The molecule has 0 aliphatic heterocycles. The van der Waals surface area contributed by atoms with Gasteiger partial charge in [0.25, 0.3) is 0 Å². The summed E-state index contributed by atoms with van der Waals surface area (Å²) in [7, 11) is 0. The Morgan fingerprint density at radius 3 is 1.89 bits per heavy atom. The maximum Gasteiger partial charge on any atom is 0.391 e. The second kappa shape index (κ2) is 6.02. The minimum atomic E-state index is -3.99. The second-order valence-electron chi connectivity index (χ2n) is 6.72. The molecule has 0 radical (unpaired) electrons. The summed E-state index contributed by atoms with van der Waals surface area (Å²) in [6.07, 6.45) is 1.61. The average molecular weight is 277 g/mol. The van der Waals surface area contributed by atoms with E-state index in [2.05, 4.69) is 19.2 Å². The Balaban J connectivity index is 1.74. The van der Waals surface area contributed by atoms with Crippen LogP contribution in [0.2, 0.25) is 0 Å². The van der Waals surface area contributed by atoms with Crippen molar-refractivity contribution >= 4 is 0 Å². The van der Waals surface area contributed by atoms with Crippen LogP contribution in [-0.4, -0.2) is 18.3 Å². The van der Waals surface area contributed by atoms with Crippen LogP contribution in [0.25, 0.3) is 0 Å². The zero-order valence-corrected chi connectivity index (χ0v) is 12.0. The Labute approximate surface area is 114 Å². The quantitative estimate of drug-likeness (QED) is 0.782. The highest BCUT2D eigenvalue weighted by atomic mass is 19.4. The van der Waals surface area contributed by atoms with Gasteiger partial charge in [0.05, 0.1) is 5.92 Å². The maximum atomic E-state index is 12.6. The Morgan fingerprint density at radius 2 is 1.37 bits per heavy atom. The maximum absolute atomic E-state index is 12.6. The number of hydrogen-bond acceptors (Lipinski definition) is 1. The summed E-state index contributed by atoms with van der Waals surface area (Å²) in [5, 5.41) is 3.61. The van der Waals surface area contributed by atoms with Gasteiger partial charge in [-0.1, -0.05) is 13.8 Å². The van der Waals surface area contributed by atoms with E-state index in [0.29, 0.717) is 37.8 Å². The van der Waals surface area contributed by atoms with Crippen molar-refractivity contribution in [3.63, 3.8) is 0 Å². The average Bonchev–Trinajstić information content (AvgIpc) is 2.33. The fraction of sp³-hybridized carbons (Fsp3) is 1.00. The molecule has 0 aromatic heterocycles. The monoisotopic (exact) mass is 277 g/mol. The Bertz CT molecular complexity index is 282. The smallest absolute Gasteiger partial charge is 0.311 e. The molecule has 1 nitrogen and oxygen atoms in total. The van der Waals surface area contributed by atoms with Crippen LogP contribution in [0.4, 0.5) is 13.2 Å². The summed E-state index contributed by atoms with van der Waals surface area (Å²) in [5.41, 5.74) is 0. The molecule has 19 heavy (non-hydrogen) atoms. The Morgan fingerprint density at radius 1 is 0.789 bits per heavy atom. The van der Waals surface area contributed by atoms with Gasteiger partial charge in [0.2, 0.25) is 0 Å². The highest BCUT2D eigenvalue weighted by Gasteiger charge is 2.41. The predicted molar refractivity (Wildman–Crippen MR) is 70.9 cm³/mol. The molecule has 4 heteroatoms. The van der Waals surface area contributed by atoms with Gasteiger partial charge in [-0.15, -0.1) is 0 Å². The van der Waals surface area contributed by atoms with Gasteiger partial charge in [0.1, 0.15) is 0 Å². The molecule has 112 valence electrons. The first-order valence-corrected chi connectivity index (χ1v) is 7.69. The molecule has 2 aliphatic rings. The standard InChI is InChI=1S/C15H26F3N/c1-10-3-6-14(9-11(10)2)19-13-7-4-12(5-8-13)15(16,17)18/h10-14,19H,3-9H2,1-2H3. The third-order valence-electron chi connectivity index (χ3n) is 5.26. The molecule has 2 aliphatic carbocycles. The SMILES string of the molecule is CC1CCC(NC2CCC(C(F)(F)F)CC2)CC1C. The van der Waals surface area contributed by atoms with Crippen molar-refractivity contribution in [1.82, 2.24) is 5.32 Å². The summed E-state index contributed by atoms with van der Waals surface area (Å²) in [4.78, 5) is 0. The Hall–Kier alpha value is -0.250. The Kier molecular flexibility index (Phi) is 4.80. The summed E-state index contributed by atoms with van der Waals surface area (Å²) < 4.78 is 37.8. The van der Waals surface area contributed by atoms with Gasteiger partial charge in [0, 0.05) is 12.1 Å². The van der Waals surface area contributed by atoms with E-state index >= 15 is 0 Å². The minimum Gasteiger partial charge on any atom is -0.311 e. The molecule has 0 heterocycles. The fourth-order valence-corrected chi connectivity index (χ4v) is 3.62. The summed E-state index contributed by atoms with van der Waals surface area (Å²) >= 11 is 0. The molecule has 0 spiro atoms. The first-order valence-electron chi connectivity index (χ1n) is 7.69. The van der Waals surface area contributed by atoms with E-state index < -0.39 is 12.1 Å². The molecule has 3 unspecified atom stereocenters. The van der Waals surface area contributed by atoms with Crippen molar-refractivity contribution in [2.45, 2.75) is 77.1 Å². The zero-order chi connectivity index (χ0) is 14.0. The molecule has 0 saturated heterocycles. The van der Waals surface area contributed by atoms with Crippen LogP contribution < -0.4 is 5.32 Å². The van der Waals surface area contributed by atoms with Crippen LogP contribution in [-0.2, 0) is 0 Å². The summed E-state index contributed by atoms with van der Waals surface area (Å²) in [5.74, 6) is 0.465. The largest absolute Gasteiger partial charge is 0.391 e. The lowest BCUT2D eigenvalue weighted by Crippen LogP contribution is -2.44.